The van der Waals surface area contributed by atoms with E-state index in [4.69, 9.17) is 9.47 Å². The molecule has 0 radical (unpaired) electrons. The van der Waals surface area contributed by atoms with Crippen molar-refractivity contribution in [2.24, 2.45) is 0 Å². The number of benzene rings is 2. The number of nitrogens with zero attached hydrogens (tertiary/aromatic N) is 3. The number of methoxy groups -OCH3 is 2. The third-order valence-corrected chi connectivity index (χ3v) is 4.11. The molecule has 0 aliphatic carbocycles. The predicted octanol–water partition coefficient (Wildman–Crippen LogP) is 2.70. The third kappa shape index (κ3) is 3.40. The summed E-state index contributed by atoms with van der Waals surface area (Å²) in [6.45, 7) is 4.11. The number of hydrogen-bond donors (Lipinski definition) is 1. The van der Waals surface area contributed by atoms with E-state index >= 15 is 0 Å². The number of aromatic nitrogens is 3. The zero-order valence-corrected chi connectivity index (χ0v) is 14.7. The fourth-order valence-corrected chi connectivity index (χ4v) is 2.57. The van der Waals surface area contributed by atoms with Gasteiger partial charge < -0.3 is 14.8 Å². The molecule has 7 heteroatoms. The summed E-state index contributed by atoms with van der Waals surface area (Å²) < 4.78 is 12.0. The molecule has 0 unspecified atom stereocenters. The van der Waals surface area contributed by atoms with Gasteiger partial charge in [0.2, 0.25) is 5.91 Å². The van der Waals surface area contributed by atoms with E-state index in [-0.39, 0.29) is 12.5 Å². The highest BCUT2D eigenvalue weighted by Gasteiger charge is 2.13. The molecule has 0 fully saturated rings. The van der Waals surface area contributed by atoms with Gasteiger partial charge in [0.15, 0.2) is 0 Å². The van der Waals surface area contributed by atoms with Crippen molar-refractivity contribution in [3.05, 3.63) is 41.5 Å². The van der Waals surface area contributed by atoms with Crippen molar-refractivity contribution in [3.63, 3.8) is 0 Å². The van der Waals surface area contributed by atoms with Crippen LogP contribution in [0.25, 0.3) is 11.0 Å². The van der Waals surface area contributed by atoms with Gasteiger partial charge in [-0.3, -0.25) is 4.79 Å². The Kier molecular flexibility index (Phi) is 4.56. The van der Waals surface area contributed by atoms with Gasteiger partial charge in [-0.2, -0.15) is 0 Å². The Bertz CT molecular complexity index is 933. The summed E-state index contributed by atoms with van der Waals surface area (Å²) >= 11 is 0. The highest BCUT2D eigenvalue weighted by atomic mass is 16.5. The molecule has 1 N–H and O–H groups in total. The van der Waals surface area contributed by atoms with Crippen LogP contribution in [0.15, 0.2) is 30.3 Å². The lowest BCUT2D eigenvalue weighted by molar-refractivity contribution is -0.116. The van der Waals surface area contributed by atoms with Gasteiger partial charge in [-0.05, 0) is 49.2 Å². The fraction of sp³-hybridized carbons (Fsp3) is 0.278. The maximum Gasteiger partial charge on any atom is 0.246 e. The molecule has 0 aliphatic rings. The number of nitrogens with one attached hydrogen (secondary N) is 1. The Balaban J connectivity index is 1.80. The van der Waals surface area contributed by atoms with E-state index in [0.29, 0.717) is 17.2 Å². The summed E-state index contributed by atoms with van der Waals surface area (Å²) in [6.07, 6.45) is 0. The quantitative estimate of drug-likeness (QED) is 0.772. The molecule has 3 aromatic rings. The van der Waals surface area contributed by atoms with Gasteiger partial charge in [-0.15, -0.1) is 5.10 Å². The number of anilines is 1. The van der Waals surface area contributed by atoms with Crippen LogP contribution in [-0.4, -0.2) is 35.1 Å². The first-order valence-electron chi connectivity index (χ1n) is 7.84. The van der Waals surface area contributed by atoms with Gasteiger partial charge in [-0.1, -0.05) is 5.21 Å². The van der Waals surface area contributed by atoms with E-state index < -0.39 is 0 Å². The van der Waals surface area contributed by atoms with Crippen LogP contribution < -0.4 is 14.8 Å². The number of aryl methyl sites for hydroxylation is 2. The normalized spacial score (nSPS) is 10.7. The van der Waals surface area contributed by atoms with E-state index in [0.717, 1.165) is 22.2 Å². The number of hydrogen-bond acceptors (Lipinski definition) is 5. The number of rotatable bonds is 5. The van der Waals surface area contributed by atoms with Crippen LogP contribution in [0.1, 0.15) is 11.1 Å². The van der Waals surface area contributed by atoms with Crippen LogP contribution in [0.3, 0.4) is 0 Å². The lowest BCUT2D eigenvalue weighted by atomic mass is 10.1. The SMILES string of the molecule is COc1ccc(NC(=O)Cn2nnc3cc(C)c(C)cc32)c(OC)c1. The van der Waals surface area contributed by atoms with Crippen molar-refractivity contribution in [1.82, 2.24) is 15.0 Å². The van der Waals surface area contributed by atoms with E-state index in [1.807, 2.05) is 26.0 Å². The number of carbonyl (C=O) groups is 1. The third-order valence-electron chi connectivity index (χ3n) is 4.11. The first kappa shape index (κ1) is 16.8. The van der Waals surface area contributed by atoms with Crippen LogP contribution in [-0.2, 0) is 11.3 Å². The molecule has 1 heterocycles. The zero-order chi connectivity index (χ0) is 18.0. The Morgan fingerprint density at radius 1 is 1.12 bits per heavy atom. The molecule has 3 rings (SSSR count). The zero-order valence-electron chi connectivity index (χ0n) is 14.7. The second-order valence-electron chi connectivity index (χ2n) is 5.79. The molecule has 1 amide bonds. The molecule has 0 atom stereocenters. The van der Waals surface area contributed by atoms with Crippen LogP contribution in [0.5, 0.6) is 11.5 Å². The summed E-state index contributed by atoms with van der Waals surface area (Å²) in [5, 5.41) is 11.0. The molecule has 0 bridgehead atoms. The monoisotopic (exact) mass is 340 g/mol. The first-order chi connectivity index (χ1) is 12.0. The molecular formula is C18H20N4O3. The Morgan fingerprint density at radius 3 is 2.60 bits per heavy atom. The lowest BCUT2D eigenvalue weighted by Crippen LogP contribution is -2.20. The van der Waals surface area contributed by atoms with Crippen molar-refractivity contribution < 1.29 is 14.3 Å². The van der Waals surface area contributed by atoms with Gasteiger partial charge in [0, 0.05) is 6.07 Å². The smallest absolute Gasteiger partial charge is 0.246 e. The van der Waals surface area contributed by atoms with E-state index in [2.05, 4.69) is 15.6 Å². The van der Waals surface area contributed by atoms with Gasteiger partial charge >= 0.3 is 0 Å². The van der Waals surface area contributed by atoms with Gasteiger partial charge in [-0.25, -0.2) is 4.68 Å². The van der Waals surface area contributed by atoms with E-state index in [1.165, 1.54) is 0 Å². The minimum atomic E-state index is -0.214. The molecular weight excluding hydrogens is 320 g/mol. The van der Waals surface area contributed by atoms with Gasteiger partial charge in [0.05, 0.1) is 25.4 Å². The summed E-state index contributed by atoms with van der Waals surface area (Å²) in [5.74, 6) is 0.971. The molecule has 0 saturated heterocycles. The lowest BCUT2D eigenvalue weighted by Gasteiger charge is -2.11. The summed E-state index contributed by atoms with van der Waals surface area (Å²) in [5.41, 5.74) is 4.46. The maximum atomic E-state index is 12.4. The molecule has 0 spiro atoms. The summed E-state index contributed by atoms with van der Waals surface area (Å²) in [6, 6.07) is 9.18. The molecule has 0 saturated carbocycles. The largest absolute Gasteiger partial charge is 0.497 e. The molecule has 7 nitrogen and oxygen atoms in total. The number of ether oxygens (including phenoxy) is 2. The van der Waals surface area contributed by atoms with Crippen molar-refractivity contribution in [3.8, 4) is 11.5 Å². The Morgan fingerprint density at radius 2 is 1.88 bits per heavy atom. The minimum Gasteiger partial charge on any atom is -0.497 e. The minimum absolute atomic E-state index is 0.0637. The molecule has 130 valence electrons. The Labute approximate surface area is 145 Å². The van der Waals surface area contributed by atoms with Crippen molar-refractivity contribution in [1.29, 1.82) is 0 Å². The van der Waals surface area contributed by atoms with Crippen LogP contribution in [0.2, 0.25) is 0 Å². The average molecular weight is 340 g/mol. The van der Waals surface area contributed by atoms with Crippen molar-refractivity contribution >= 4 is 22.6 Å². The van der Waals surface area contributed by atoms with Gasteiger partial charge in [0.25, 0.3) is 0 Å². The summed E-state index contributed by atoms with van der Waals surface area (Å²) in [4.78, 5) is 12.4. The van der Waals surface area contributed by atoms with Crippen LogP contribution in [0.4, 0.5) is 5.69 Å². The topological polar surface area (TPSA) is 78.3 Å². The standard InChI is InChI=1S/C18H20N4O3/c1-11-7-15-16(8-12(11)2)22(21-20-15)10-18(23)19-14-6-5-13(24-3)9-17(14)25-4/h5-9H,10H2,1-4H3,(H,19,23). The number of fused-ring (bicyclic) bond motifs is 1. The average Bonchev–Trinajstić information content (AvgIpc) is 2.97. The molecule has 0 aliphatic heterocycles. The molecule has 2 aromatic carbocycles. The van der Waals surface area contributed by atoms with E-state index in [9.17, 15) is 4.79 Å². The highest BCUT2D eigenvalue weighted by molar-refractivity contribution is 5.93. The summed E-state index contributed by atoms with van der Waals surface area (Å²) in [7, 11) is 3.12. The highest BCUT2D eigenvalue weighted by Crippen LogP contribution is 2.29. The van der Waals surface area contributed by atoms with Crippen LogP contribution in [0, 0.1) is 13.8 Å². The molecule has 1 aromatic heterocycles. The van der Waals surface area contributed by atoms with Crippen molar-refractivity contribution in [2.45, 2.75) is 20.4 Å². The Hall–Kier alpha value is -3.09. The maximum absolute atomic E-state index is 12.4. The van der Waals surface area contributed by atoms with E-state index in [1.54, 1.807) is 37.1 Å². The number of amides is 1. The van der Waals surface area contributed by atoms with Crippen LogP contribution >= 0.6 is 0 Å². The fourth-order valence-electron chi connectivity index (χ4n) is 2.57. The predicted molar refractivity (Wildman–Crippen MR) is 95.2 cm³/mol. The molecule has 25 heavy (non-hydrogen) atoms. The van der Waals surface area contributed by atoms with Crippen molar-refractivity contribution in [2.75, 3.05) is 19.5 Å². The number of carbonyl (C=O) groups excluding carboxylic acids is 1. The van der Waals surface area contributed by atoms with Gasteiger partial charge in [0.1, 0.15) is 23.6 Å². The second kappa shape index (κ2) is 6.80. The second-order valence-corrected chi connectivity index (χ2v) is 5.79. The first-order valence-corrected chi connectivity index (χ1v) is 7.84.